The van der Waals surface area contributed by atoms with Crippen LogP contribution in [-0.4, -0.2) is 32.3 Å². The Balaban J connectivity index is 1.60. The number of carbonyl (C=O) groups excluding carboxylic acids is 1. The van der Waals surface area contributed by atoms with E-state index >= 15 is 0 Å². The fourth-order valence-electron chi connectivity index (χ4n) is 6.41. The van der Waals surface area contributed by atoms with Gasteiger partial charge in [-0.3, -0.25) is 4.79 Å². The van der Waals surface area contributed by atoms with Gasteiger partial charge in [0, 0.05) is 26.2 Å². The van der Waals surface area contributed by atoms with Crippen LogP contribution in [0.15, 0.2) is 24.3 Å². The van der Waals surface area contributed by atoms with Gasteiger partial charge in [0.05, 0.1) is 18.3 Å². The molecule has 5 atom stereocenters. The van der Waals surface area contributed by atoms with Crippen LogP contribution in [0, 0.1) is 22.7 Å². The van der Waals surface area contributed by atoms with Crippen LogP contribution >= 0.6 is 0 Å². The molecule has 4 rings (SSSR count). The summed E-state index contributed by atoms with van der Waals surface area (Å²) >= 11 is 0. The topological polar surface area (TPSA) is 47.6 Å². The van der Waals surface area contributed by atoms with Gasteiger partial charge in [-0.05, 0) is 59.6 Å². The molecule has 1 aliphatic heterocycles. The first-order chi connectivity index (χ1) is 14.1. The van der Waals surface area contributed by atoms with Gasteiger partial charge in [0.15, 0.2) is 0 Å². The number of methoxy groups -OCH3 is 1. The molecule has 1 unspecified atom stereocenters. The summed E-state index contributed by atoms with van der Waals surface area (Å²) in [6.45, 7) is 5.39. The second-order valence-electron chi connectivity index (χ2n) is 9.70. The highest BCUT2D eigenvalue weighted by atomic mass is 19.4. The Hall–Kier alpha value is -1.60. The highest BCUT2D eigenvalue weighted by Crippen LogP contribution is 2.70. The van der Waals surface area contributed by atoms with Gasteiger partial charge in [-0.15, -0.1) is 0 Å². The average Bonchev–Trinajstić information content (AvgIpc) is 3.18. The zero-order valence-electron chi connectivity index (χ0n) is 17.7. The summed E-state index contributed by atoms with van der Waals surface area (Å²) < 4.78 is 50.1. The number of hydrogen-bond acceptors (Lipinski definition) is 3. The molecule has 2 bridgehead atoms. The highest BCUT2D eigenvalue weighted by molar-refractivity contribution is 5.76. The number of fused-ring (bicyclic) bond motifs is 1. The number of hydrogen-bond donors (Lipinski definition) is 1. The zero-order valence-corrected chi connectivity index (χ0v) is 17.7. The molecule has 1 N–H and O–H groups in total. The summed E-state index contributed by atoms with van der Waals surface area (Å²) in [7, 11) is 1.58. The van der Waals surface area contributed by atoms with Crippen molar-refractivity contribution in [1.29, 1.82) is 0 Å². The van der Waals surface area contributed by atoms with Crippen molar-refractivity contribution >= 4 is 5.91 Å². The lowest BCUT2D eigenvalue weighted by Crippen LogP contribution is -2.59. The van der Waals surface area contributed by atoms with E-state index in [0.717, 1.165) is 37.0 Å². The van der Waals surface area contributed by atoms with Crippen LogP contribution in [0.5, 0.6) is 0 Å². The van der Waals surface area contributed by atoms with E-state index in [1.807, 2.05) is 0 Å². The number of benzene rings is 1. The predicted molar refractivity (Wildman–Crippen MR) is 106 cm³/mol. The SMILES string of the molecule is COCCC(=O)N[C@H]1C(C)(C)[C@@H]2C[C@@H]3[C@@H](c4ccc(C(F)(F)F)cc4)OCCC31C2. The number of nitrogens with one attached hydrogen (secondary N) is 1. The van der Waals surface area contributed by atoms with Crippen LogP contribution in [0.3, 0.4) is 0 Å². The molecule has 1 heterocycles. The van der Waals surface area contributed by atoms with E-state index in [2.05, 4.69) is 19.2 Å². The molecule has 1 amide bonds. The van der Waals surface area contributed by atoms with E-state index in [1.54, 1.807) is 19.2 Å². The minimum atomic E-state index is -4.35. The first-order valence-electron chi connectivity index (χ1n) is 10.7. The van der Waals surface area contributed by atoms with Crippen molar-refractivity contribution < 1.29 is 27.4 Å². The van der Waals surface area contributed by atoms with Crippen LogP contribution in [0.25, 0.3) is 0 Å². The molecule has 1 aromatic rings. The van der Waals surface area contributed by atoms with E-state index in [9.17, 15) is 18.0 Å². The van der Waals surface area contributed by atoms with Crippen molar-refractivity contribution in [2.24, 2.45) is 22.7 Å². The molecule has 3 fully saturated rings. The van der Waals surface area contributed by atoms with Gasteiger partial charge >= 0.3 is 6.18 Å². The maximum Gasteiger partial charge on any atom is 0.416 e. The molecule has 1 saturated heterocycles. The Bertz CT molecular complexity index is 792. The van der Waals surface area contributed by atoms with Gasteiger partial charge in [-0.1, -0.05) is 26.0 Å². The number of ether oxygens (including phenoxy) is 2. The van der Waals surface area contributed by atoms with Crippen molar-refractivity contribution in [3.05, 3.63) is 35.4 Å². The Kier molecular flexibility index (Phi) is 5.42. The Morgan fingerprint density at radius 1 is 1.27 bits per heavy atom. The van der Waals surface area contributed by atoms with E-state index in [4.69, 9.17) is 9.47 Å². The summed E-state index contributed by atoms with van der Waals surface area (Å²) in [5.41, 5.74) is 0.0417. The monoisotopic (exact) mass is 425 g/mol. The standard InChI is InChI=1S/C23H30F3NO3/c1-21(2)16-12-17-19(14-4-6-15(7-5-14)23(24,25)26)30-11-9-22(17,13-16)20(21)27-18(28)8-10-29-3/h4-7,16-17,19-20H,8-13H2,1-3H3,(H,27,28)/t16-,17-,19-,20+,22?/m1/s1. The van der Waals surface area contributed by atoms with Gasteiger partial charge in [0.2, 0.25) is 5.91 Å². The van der Waals surface area contributed by atoms with Crippen LogP contribution in [0.1, 0.15) is 56.8 Å². The third-order valence-electron chi connectivity index (χ3n) is 7.91. The maximum atomic E-state index is 13.0. The molecule has 1 spiro atoms. The van der Waals surface area contributed by atoms with Gasteiger partial charge < -0.3 is 14.8 Å². The third-order valence-corrected chi connectivity index (χ3v) is 7.91. The largest absolute Gasteiger partial charge is 0.416 e. The maximum absolute atomic E-state index is 13.0. The molecule has 2 aliphatic carbocycles. The predicted octanol–water partition coefficient (Wildman–Crippen LogP) is 4.74. The van der Waals surface area contributed by atoms with Crippen LogP contribution < -0.4 is 5.32 Å². The van der Waals surface area contributed by atoms with Gasteiger partial charge in [0.25, 0.3) is 0 Å². The number of carbonyl (C=O) groups is 1. The minimum absolute atomic E-state index is 0.00632. The second-order valence-corrected chi connectivity index (χ2v) is 9.70. The lowest BCUT2D eigenvalue weighted by molar-refractivity contribution is -0.138. The van der Waals surface area contributed by atoms with Gasteiger partial charge in [-0.25, -0.2) is 0 Å². The summed E-state index contributed by atoms with van der Waals surface area (Å²) in [5.74, 6) is 0.635. The molecule has 30 heavy (non-hydrogen) atoms. The molecule has 2 saturated carbocycles. The lowest BCUT2D eigenvalue weighted by atomic mass is 9.59. The summed E-state index contributed by atoms with van der Waals surface area (Å²) in [4.78, 5) is 12.5. The first kappa shape index (κ1) is 21.6. The van der Waals surface area contributed by atoms with Gasteiger partial charge in [0.1, 0.15) is 0 Å². The lowest BCUT2D eigenvalue weighted by Gasteiger charge is -2.53. The quantitative estimate of drug-likeness (QED) is 0.741. The fourth-order valence-corrected chi connectivity index (χ4v) is 6.41. The zero-order chi connectivity index (χ0) is 21.7. The minimum Gasteiger partial charge on any atom is -0.384 e. The molecule has 166 valence electrons. The highest BCUT2D eigenvalue weighted by Gasteiger charge is 2.68. The van der Waals surface area contributed by atoms with Crippen molar-refractivity contribution in [1.82, 2.24) is 5.32 Å². The molecule has 1 aromatic carbocycles. The molecular formula is C23H30F3NO3. The summed E-state index contributed by atoms with van der Waals surface area (Å²) in [5, 5.41) is 3.30. The molecule has 0 aromatic heterocycles. The average molecular weight is 425 g/mol. The molecular weight excluding hydrogens is 395 g/mol. The van der Waals surface area contributed by atoms with Crippen molar-refractivity contribution in [2.75, 3.05) is 20.3 Å². The van der Waals surface area contributed by atoms with Crippen LogP contribution in [-0.2, 0) is 20.4 Å². The fraction of sp³-hybridized carbons (Fsp3) is 0.696. The number of rotatable bonds is 5. The van der Waals surface area contributed by atoms with E-state index < -0.39 is 11.7 Å². The number of alkyl halides is 3. The summed E-state index contributed by atoms with van der Waals surface area (Å²) in [6.07, 6.45) is -1.39. The Morgan fingerprint density at radius 2 is 1.97 bits per heavy atom. The van der Waals surface area contributed by atoms with E-state index in [-0.39, 0.29) is 34.8 Å². The molecule has 7 heteroatoms. The van der Waals surface area contributed by atoms with Crippen molar-refractivity contribution in [2.45, 2.75) is 57.9 Å². The molecule has 3 aliphatic rings. The smallest absolute Gasteiger partial charge is 0.384 e. The number of amides is 1. The third kappa shape index (κ3) is 3.44. The normalized spacial score (nSPS) is 34.6. The van der Waals surface area contributed by atoms with Crippen LogP contribution in [0.4, 0.5) is 13.2 Å². The van der Waals surface area contributed by atoms with Crippen molar-refractivity contribution in [3.63, 3.8) is 0 Å². The van der Waals surface area contributed by atoms with Crippen molar-refractivity contribution in [3.8, 4) is 0 Å². The second kappa shape index (κ2) is 7.52. The Labute approximate surface area is 175 Å². The van der Waals surface area contributed by atoms with Gasteiger partial charge in [-0.2, -0.15) is 13.2 Å². The van der Waals surface area contributed by atoms with E-state index in [0.29, 0.717) is 25.6 Å². The number of halogens is 3. The molecule has 4 nitrogen and oxygen atoms in total. The first-order valence-corrected chi connectivity index (χ1v) is 10.7. The van der Waals surface area contributed by atoms with E-state index in [1.165, 1.54) is 0 Å². The molecule has 0 radical (unpaired) electrons. The van der Waals surface area contributed by atoms with Crippen LogP contribution in [0.2, 0.25) is 0 Å². The Morgan fingerprint density at radius 3 is 2.60 bits per heavy atom. The summed E-state index contributed by atoms with van der Waals surface area (Å²) in [6, 6.07) is 5.41.